The lowest BCUT2D eigenvalue weighted by Gasteiger charge is -2.40. The molecular formula is C13H17ClFNO2. The highest BCUT2D eigenvalue weighted by molar-refractivity contribution is 6.30. The molecular weight excluding hydrogens is 257 g/mol. The standard InChI is InChI=1S/C13H17ClFNO2/c14-9-2-3-10(11(15)6-9)12(17)13(7-16)4-1-5-18-8-13/h2-3,6,12,17H,1,4-5,7-8,16H2. The minimum Gasteiger partial charge on any atom is -0.388 e. The highest BCUT2D eigenvalue weighted by Gasteiger charge is 2.40. The number of halogens is 2. The van der Waals surface area contributed by atoms with E-state index in [1.807, 2.05) is 0 Å². The van der Waals surface area contributed by atoms with Gasteiger partial charge in [0.25, 0.3) is 0 Å². The largest absolute Gasteiger partial charge is 0.388 e. The maximum absolute atomic E-state index is 13.8. The second kappa shape index (κ2) is 5.53. The van der Waals surface area contributed by atoms with Crippen LogP contribution in [0.25, 0.3) is 0 Å². The molecule has 0 radical (unpaired) electrons. The van der Waals surface area contributed by atoms with Crippen molar-refractivity contribution in [1.29, 1.82) is 0 Å². The number of hydrogen-bond acceptors (Lipinski definition) is 3. The number of hydrogen-bond donors (Lipinski definition) is 2. The first-order valence-corrected chi connectivity index (χ1v) is 6.38. The van der Waals surface area contributed by atoms with Gasteiger partial charge < -0.3 is 15.6 Å². The van der Waals surface area contributed by atoms with Gasteiger partial charge in [0.05, 0.1) is 12.7 Å². The van der Waals surface area contributed by atoms with E-state index >= 15 is 0 Å². The average molecular weight is 274 g/mol. The van der Waals surface area contributed by atoms with Crippen LogP contribution in [0.4, 0.5) is 4.39 Å². The van der Waals surface area contributed by atoms with Crippen molar-refractivity contribution in [2.45, 2.75) is 18.9 Å². The smallest absolute Gasteiger partial charge is 0.130 e. The minimum atomic E-state index is -0.972. The summed E-state index contributed by atoms with van der Waals surface area (Å²) in [6.07, 6.45) is 0.580. The van der Waals surface area contributed by atoms with E-state index in [4.69, 9.17) is 22.1 Å². The van der Waals surface area contributed by atoms with Gasteiger partial charge in [0.15, 0.2) is 0 Å². The fourth-order valence-corrected chi connectivity index (χ4v) is 2.57. The molecule has 1 aromatic carbocycles. The Kier molecular flexibility index (Phi) is 4.22. The predicted molar refractivity (Wildman–Crippen MR) is 67.9 cm³/mol. The van der Waals surface area contributed by atoms with Gasteiger partial charge in [-0.2, -0.15) is 0 Å². The number of aliphatic hydroxyl groups excluding tert-OH is 1. The van der Waals surface area contributed by atoms with Gasteiger partial charge in [0.1, 0.15) is 5.82 Å². The maximum Gasteiger partial charge on any atom is 0.130 e. The Morgan fingerprint density at radius 1 is 1.56 bits per heavy atom. The van der Waals surface area contributed by atoms with Gasteiger partial charge in [-0.3, -0.25) is 0 Å². The molecule has 0 amide bonds. The Hall–Kier alpha value is -0.680. The molecule has 18 heavy (non-hydrogen) atoms. The van der Waals surface area contributed by atoms with Crippen LogP contribution in [-0.2, 0) is 4.74 Å². The summed E-state index contributed by atoms with van der Waals surface area (Å²) in [6.45, 7) is 1.28. The van der Waals surface area contributed by atoms with E-state index in [1.165, 1.54) is 12.1 Å². The van der Waals surface area contributed by atoms with Gasteiger partial charge in [0, 0.05) is 29.2 Å². The van der Waals surface area contributed by atoms with Gasteiger partial charge in [-0.15, -0.1) is 0 Å². The molecule has 5 heteroatoms. The lowest BCUT2D eigenvalue weighted by molar-refractivity contribution is -0.0792. The third kappa shape index (κ3) is 2.52. The van der Waals surface area contributed by atoms with Crippen molar-refractivity contribution >= 4 is 11.6 Å². The van der Waals surface area contributed by atoms with E-state index in [0.717, 1.165) is 12.8 Å². The molecule has 1 heterocycles. The number of ether oxygens (including phenoxy) is 1. The predicted octanol–water partition coefficient (Wildman–Crippen LogP) is 2.27. The monoisotopic (exact) mass is 273 g/mol. The first kappa shape index (κ1) is 13.7. The molecule has 0 saturated carbocycles. The van der Waals surface area contributed by atoms with Crippen molar-refractivity contribution in [2.24, 2.45) is 11.1 Å². The van der Waals surface area contributed by atoms with Crippen LogP contribution in [0.2, 0.25) is 5.02 Å². The Balaban J connectivity index is 2.30. The van der Waals surface area contributed by atoms with Gasteiger partial charge in [-0.25, -0.2) is 4.39 Å². The summed E-state index contributed by atoms with van der Waals surface area (Å²) in [7, 11) is 0. The third-order valence-corrected chi connectivity index (χ3v) is 3.83. The molecule has 1 saturated heterocycles. The molecule has 0 aromatic heterocycles. The number of nitrogens with two attached hydrogens (primary N) is 1. The summed E-state index contributed by atoms with van der Waals surface area (Å²) in [5, 5.41) is 10.7. The summed E-state index contributed by atoms with van der Waals surface area (Å²) >= 11 is 5.70. The van der Waals surface area contributed by atoms with E-state index in [1.54, 1.807) is 6.07 Å². The van der Waals surface area contributed by atoms with Crippen LogP contribution < -0.4 is 5.73 Å². The number of rotatable bonds is 3. The Morgan fingerprint density at radius 3 is 2.89 bits per heavy atom. The fraction of sp³-hybridized carbons (Fsp3) is 0.538. The van der Waals surface area contributed by atoms with Crippen LogP contribution in [0.3, 0.4) is 0 Å². The van der Waals surface area contributed by atoms with Gasteiger partial charge >= 0.3 is 0 Å². The molecule has 100 valence electrons. The molecule has 0 bridgehead atoms. The summed E-state index contributed by atoms with van der Waals surface area (Å²) in [5.74, 6) is -0.506. The van der Waals surface area contributed by atoms with Gasteiger partial charge in [-0.1, -0.05) is 17.7 Å². The quantitative estimate of drug-likeness (QED) is 0.888. The van der Waals surface area contributed by atoms with Crippen molar-refractivity contribution in [3.05, 3.63) is 34.6 Å². The van der Waals surface area contributed by atoms with E-state index in [0.29, 0.717) is 18.2 Å². The van der Waals surface area contributed by atoms with Crippen molar-refractivity contribution < 1.29 is 14.2 Å². The molecule has 1 aromatic rings. The number of benzene rings is 1. The topological polar surface area (TPSA) is 55.5 Å². The summed E-state index contributed by atoms with van der Waals surface area (Å²) in [4.78, 5) is 0. The van der Waals surface area contributed by atoms with E-state index in [-0.39, 0.29) is 12.1 Å². The lowest BCUT2D eigenvalue weighted by Crippen LogP contribution is -2.44. The summed E-state index contributed by atoms with van der Waals surface area (Å²) < 4.78 is 19.2. The van der Waals surface area contributed by atoms with Crippen molar-refractivity contribution in [2.75, 3.05) is 19.8 Å². The molecule has 2 atom stereocenters. The van der Waals surface area contributed by atoms with E-state index < -0.39 is 17.3 Å². The van der Waals surface area contributed by atoms with Crippen LogP contribution in [0.1, 0.15) is 24.5 Å². The normalized spacial score (nSPS) is 26.0. The van der Waals surface area contributed by atoms with Crippen LogP contribution >= 0.6 is 11.6 Å². The SMILES string of the molecule is NCC1(C(O)c2ccc(Cl)cc2F)CCCOC1. The van der Waals surface area contributed by atoms with Crippen molar-refractivity contribution in [1.82, 2.24) is 0 Å². The first-order valence-electron chi connectivity index (χ1n) is 6.00. The Labute approximate surface area is 111 Å². The fourth-order valence-electron chi connectivity index (χ4n) is 2.42. The molecule has 2 unspecified atom stereocenters. The second-order valence-electron chi connectivity index (χ2n) is 4.79. The zero-order chi connectivity index (χ0) is 13.2. The first-order chi connectivity index (χ1) is 8.59. The molecule has 1 aliphatic rings. The molecule has 3 N–H and O–H groups in total. The van der Waals surface area contributed by atoms with E-state index in [2.05, 4.69) is 0 Å². The highest BCUT2D eigenvalue weighted by Crippen LogP contribution is 2.41. The average Bonchev–Trinajstić information content (AvgIpc) is 2.39. The molecule has 0 spiro atoms. The molecule has 3 nitrogen and oxygen atoms in total. The van der Waals surface area contributed by atoms with Crippen LogP contribution in [0.5, 0.6) is 0 Å². The maximum atomic E-state index is 13.8. The Bertz CT molecular complexity index is 421. The van der Waals surface area contributed by atoms with Crippen LogP contribution in [-0.4, -0.2) is 24.9 Å². The summed E-state index contributed by atoms with van der Waals surface area (Å²) in [6, 6.07) is 4.28. The van der Waals surface area contributed by atoms with Crippen LogP contribution in [0.15, 0.2) is 18.2 Å². The van der Waals surface area contributed by atoms with Crippen molar-refractivity contribution in [3.63, 3.8) is 0 Å². The number of aliphatic hydroxyl groups is 1. The molecule has 1 aliphatic heterocycles. The van der Waals surface area contributed by atoms with Gasteiger partial charge in [-0.05, 0) is 25.0 Å². The molecule has 2 rings (SSSR count). The Morgan fingerprint density at radius 2 is 2.33 bits per heavy atom. The third-order valence-electron chi connectivity index (χ3n) is 3.60. The minimum absolute atomic E-state index is 0.232. The van der Waals surface area contributed by atoms with Gasteiger partial charge in [0.2, 0.25) is 0 Å². The van der Waals surface area contributed by atoms with E-state index in [9.17, 15) is 9.50 Å². The second-order valence-corrected chi connectivity index (χ2v) is 5.23. The zero-order valence-corrected chi connectivity index (χ0v) is 10.8. The zero-order valence-electron chi connectivity index (χ0n) is 10.0. The van der Waals surface area contributed by atoms with Crippen molar-refractivity contribution in [3.8, 4) is 0 Å². The lowest BCUT2D eigenvalue weighted by atomic mass is 9.75. The highest BCUT2D eigenvalue weighted by atomic mass is 35.5. The molecule has 1 fully saturated rings. The summed E-state index contributed by atoms with van der Waals surface area (Å²) in [5.41, 5.74) is 5.40. The van der Waals surface area contributed by atoms with Crippen LogP contribution in [0, 0.1) is 11.2 Å². The molecule has 0 aliphatic carbocycles.